The van der Waals surface area contributed by atoms with E-state index in [-0.39, 0.29) is 30.0 Å². The quantitative estimate of drug-likeness (QED) is 0.312. The molecule has 1 heterocycles. The fourth-order valence-corrected chi connectivity index (χ4v) is 6.33. The predicted octanol–water partition coefficient (Wildman–Crippen LogP) is -0.399. The molecule has 1 aromatic heterocycles. The highest BCUT2D eigenvalue weighted by molar-refractivity contribution is 6.33. The number of pyridine rings is 1. The van der Waals surface area contributed by atoms with Gasteiger partial charge in [-0.05, 0) is 39.3 Å². The van der Waals surface area contributed by atoms with Crippen molar-refractivity contribution in [2.45, 2.75) is 37.8 Å². The Kier molecular flexibility index (Phi) is 6.62. The summed E-state index contributed by atoms with van der Waals surface area (Å²) in [6.07, 6.45) is 1.02. The Morgan fingerprint density at radius 2 is 1.89 bits per heavy atom. The molecule has 0 radical (unpaired) electrons. The van der Waals surface area contributed by atoms with Gasteiger partial charge in [-0.25, -0.2) is 4.98 Å². The molecular formula is C25H34N6O6. The second-order valence-corrected chi connectivity index (χ2v) is 10.6. The molecule has 12 heteroatoms. The van der Waals surface area contributed by atoms with Crippen LogP contribution < -0.4 is 16.0 Å². The van der Waals surface area contributed by atoms with Crippen molar-refractivity contribution in [1.82, 2.24) is 9.88 Å². The van der Waals surface area contributed by atoms with E-state index in [0.717, 1.165) is 6.42 Å². The minimum Gasteiger partial charge on any atom is -0.504 e. The highest BCUT2D eigenvalue weighted by Gasteiger charge is 2.67. The number of primary amides is 1. The molecule has 0 aromatic carbocycles. The van der Waals surface area contributed by atoms with Crippen LogP contribution in [-0.2, 0) is 20.8 Å². The maximum absolute atomic E-state index is 14.0. The van der Waals surface area contributed by atoms with Gasteiger partial charge >= 0.3 is 0 Å². The van der Waals surface area contributed by atoms with E-state index in [1.165, 1.54) is 4.90 Å². The van der Waals surface area contributed by atoms with Gasteiger partial charge in [-0.1, -0.05) is 6.92 Å². The van der Waals surface area contributed by atoms with Crippen LogP contribution in [-0.4, -0.2) is 95.4 Å². The maximum atomic E-state index is 14.0. The number of fused-ring (bicyclic) bond motifs is 3. The van der Waals surface area contributed by atoms with Crippen molar-refractivity contribution in [1.29, 1.82) is 5.41 Å². The average Bonchev–Trinajstić information content (AvgIpc) is 2.80. The number of rotatable bonds is 6. The maximum Gasteiger partial charge on any atom is 0.233 e. The first-order chi connectivity index (χ1) is 17.3. The summed E-state index contributed by atoms with van der Waals surface area (Å²) in [6.45, 7) is 2.44. The molecule has 37 heavy (non-hydrogen) atoms. The van der Waals surface area contributed by atoms with Gasteiger partial charge in [0.1, 0.15) is 11.7 Å². The first kappa shape index (κ1) is 26.7. The average molecular weight is 515 g/mol. The lowest BCUT2D eigenvalue weighted by Gasteiger charge is -2.53. The van der Waals surface area contributed by atoms with Crippen LogP contribution >= 0.6 is 0 Å². The Balaban J connectivity index is 1.88. The highest BCUT2D eigenvalue weighted by atomic mass is 16.3. The summed E-state index contributed by atoms with van der Waals surface area (Å²) in [5, 5.41) is 34.4. The minimum atomic E-state index is -2.52. The fourth-order valence-electron chi connectivity index (χ4n) is 6.33. The van der Waals surface area contributed by atoms with Gasteiger partial charge in [0.15, 0.2) is 34.5 Å². The summed E-state index contributed by atoms with van der Waals surface area (Å²) >= 11 is 0. The van der Waals surface area contributed by atoms with Gasteiger partial charge in [-0.3, -0.25) is 24.1 Å². The van der Waals surface area contributed by atoms with Crippen molar-refractivity contribution in [3.8, 4) is 5.75 Å². The molecule has 2 fully saturated rings. The third kappa shape index (κ3) is 3.72. The molecule has 3 aliphatic rings. The van der Waals surface area contributed by atoms with E-state index in [1.807, 2.05) is 6.92 Å². The molecule has 1 aromatic rings. The lowest BCUT2D eigenvalue weighted by Crippen LogP contribution is -2.73. The van der Waals surface area contributed by atoms with Crippen LogP contribution in [0.3, 0.4) is 0 Å². The number of likely N-dealkylation sites (N-methyl/N-ethyl adjacent to an activating group) is 1. The Hall–Kier alpha value is -3.38. The molecule has 6 N–H and O–H groups in total. The molecule has 6 unspecified atom stereocenters. The number of aliphatic hydroxyl groups is 1. The second-order valence-electron chi connectivity index (χ2n) is 10.6. The number of Topliss-reactive ketones (excluding diaryl/α,β-unsaturated/α-hetero) is 3. The van der Waals surface area contributed by atoms with E-state index in [1.54, 1.807) is 33.1 Å². The molecule has 6 atom stereocenters. The standard InChI is InChI=1S/C25H34N6O6/c1-6-7-28-23-19(34)14-11(24(29-23)31(4)5)8-10-9-12-16(30(2)3)18(33)15(22(27)36)20(26)25(12,37)21(35)13(10)17(14)32/h10,12-13,15-16,26,34,37H,6-9H2,1-5H3,(H2,27,36)(H,28,29). The molecule has 0 aliphatic heterocycles. The van der Waals surface area contributed by atoms with Gasteiger partial charge in [-0.2, -0.15) is 0 Å². The summed E-state index contributed by atoms with van der Waals surface area (Å²) in [5.74, 6) is -7.95. The monoisotopic (exact) mass is 514 g/mol. The van der Waals surface area contributed by atoms with Gasteiger partial charge in [0.2, 0.25) is 5.91 Å². The molecule has 0 spiro atoms. The Morgan fingerprint density at radius 1 is 1.24 bits per heavy atom. The first-order valence-electron chi connectivity index (χ1n) is 12.3. The zero-order valence-corrected chi connectivity index (χ0v) is 21.7. The summed E-state index contributed by atoms with van der Waals surface area (Å²) in [4.78, 5) is 61.0. The fraction of sp³-hybridized carbons (Fsp3) is 0.600. The first-order valence-corrected chi connectivity index (χ1v) is 12.3. The number of hydrogen-bond donors (Lipinski definition) is 5. The van der Waals surface area contributed by atoms with Gasteiger partial charge in [0.25, 0.3) is 0 Å². The molecule has 3 aliphatic carbocycles. The zero-order chi connectivity index (χ0) is 27.6. The third-order valence-corrected chi connectivity index (χ3v) is 7.93. The SMILES string of the molecule is CCCNc1nc(N(C)C)c2c(c1O)C(=O)C1C(=O)C3(O)C(=N)C(C(N)=O)C(=O)C(N(C)C)C3CC1C2. The summed E-state index contributed by atoms with van der Waals surface area (Å²) in [5.41, 5.74) is 2.57. The lowest BCUT2D eigenvalue weighted by molar-refractivity contribution is -0.157. The third-order valence-electron chi connectivity index (χ3n) is 7.93. The highest BCUT2D eigenvalue weighted by Crippen LogP contribution is 2.52. The summed E-state index contributed by atoms with van der Waals surface area (Å²) in [6, 6.07) is -1.06. The van der Waals surface area contributed by atoms with Gasteiger partial charge in [-0.15, -0.1) is 0 Å². The van der Waals surface area contributed by atoms with E-state index in [4.69, 9.17) is 11.1 Å². The van der Waals surface area contributed by atoms with Crippen LogP contribution in [0.1, 0.15) is 35.7 Å². The number of amides is 1. The smallest absolute Gasteiger partial charge is 0.233 e. The number of ketones is 3. The largest absolute Gasteiger partial charge is 0.504 e. The van der Waals surface area contributed by atoms with E-state index < -0.39 is 64.3 Å². The van der Waals surface area contributed by atoms with Crippen LogP contribution in [0.2, 0.25) is 0 Å². The van der Waals surface area contributed by atoms with E-state index in [0.29, 0.717) is 17.9 Å². The molecule has 12 nitrogen and oxygen atoms in total. The van der Waals surface area contributed by atoms with Crippen molar-refractivity contribution < 1.29 is 29.4 Å². The van der Waals surface area contributed by atoms with E-state index in [2.05, 4.69) is 10.3 Å². The van der Waals surface area contributed by atoms with E-state index >= 15 is 0 Å². The normalized spacial score (nSPS) is 31.1. The van der Waals surface area contributed by atoms with Crippen LogP contribution in [0.4, 0.5) is 11.6 Å². The number of aromatic hydroxyl groups is 1. The topological polar surface area (TPSA) is 190 Å². The zero-order valence-electron chi connectivity index (χ0n) is 21.7. The van der Waals surface area contributed by atoms with Crippen molar-refractivity contribution in [3.63, 3.8) is 0 Å². The Bertz CT molecular complexity index is 1210. The van der Waals surface area contributed by atoms with Gasteiger partial charge in [0.05, 0.1) is 23.2 Å². The molecule has 0 saturated heterocycles. The minimum absolute atomic E-state index is 0.0389. The van der Waals surface area contributed by atoms with Crippen LogP contribution in [0.5, 0.6) is 5.75 Å². The Morgan fingerprint density at radius 3 is 2.43 bits per heavy atom. The van der Waals surface area contributed by atoms with Crippen LogP contribution in [0, 0.1) is 29.1 Å². The number of anilines is 2. The molecule has 200 valence electrons. The van der Waals surface area contributed by atoms with Crippen molar-refractivity contribution in [3.05, 3.63) is 11.1 Å². The molecule has 4 rings (SSSR count). The number of aromatic nitrogens is 1. The summed E-state index contributed by atoms with van der Waals surface area (Å²) < 4.78 is 0. The predicted molar refractivity (Wildman–Crippen MR) is 135 cm³/mol. The molecule has 2 saturated carbocycles. The number of carbonyl (C=O) groups is 4. The van der Waals surface area contributed by atoms with Crippen LogP contribution in [0.15, 0.2) is 0 Å². The van der Waals surface area contributed by atoms with Gasteiger partial charge < -0.3 is 31.6 Å². The molecular weight excluding hydrogens is 480 g/mol. The number of nitrogens with two attached hydrogens (primary N) is 1. The van der Waals surface area contributed by atoms with Crippen molar-refractivity contribution >= 4 is 40.6 Å². The summed E-state index contributed by atoms with van der Waals surface area (Å²) in [7, 11) is 6.70. The van der Waals surface area contributed by atoms with Crippen LogP contribution in [0.25, 0.3) is 0 Å². The molecule has 1 amide bonds. The number of nitrogens with zero attached hydrogens (tertiary/aromatic N) is 3. The van der Waals surface area contributed by atoms with Crippen molar-refractivity contribution in [2.24, 2.45) is 29.4 Å². The van der Waals surface area contributed by atoms with E-state index in [9.17, 15) is 29.4 Å². The lowest BCUT2D eigenvalue weighted by atomic mass is 9.52. The Labute approximate surface area is 214 Å². The number of hydrogen-bond acceptors (Lipinski definition) is 11. The second kappa shape index (κ2) is 9.18. The van der Waals surface area contributed by atoms with Gasteiger partial charge in [0, 0.05) is 32.1 Å². The number of nitrogens with one attached hydrogen (secondary N) is 2. The number of carbonyl (C=O) groups excluding carboxylic acids is 4. The molecule has 0 bridgehead atoms. The van der Waals surface area contributed by atoms with Crippen molar-refractivity contribution in [2.75, 3.05) is 45.0 Å².